The molecule has 1 N–H and O–H groups in total. The lowest BCUT2D eigenvalue weighted by Gasteiger charge is -2.18. The Morgan fingerprint density at radius 1 is 1.05 bits per heavy atom. The van der Waals surface area contributed by atoms with Crippen molar-refractivity contribution in [2.45, 2.75) is 25.6 Å². The van der Waals surface area contributed by atoms with Gasteiger partial charge in [0.05, 0.1) is 39.6 Å². The van der Waals surface area contributed by atoms with Gasteiger partial charge in [-0.15, -0.1) is 0 Å². The van der Waals surface area contributed by atoms with E-state index in [1.54, 1.807) is 14.0 Å². The van der Waals surface area contributed by atoms with Crippen molar-refractivity contribution in [2.24, 2.45) is 5.92 Å². The molecule has 0 fully saturated rings. The van der Waals surface area contributed by atoms with E-state index in [0.717, 1.165) is 0 Å². The van der Waals surface area contributed by atoms with Crippen LogP contribution in [0.5, 0.6) is 0 Å². The third-order valence-corrected chi connectivity index (χ3v) is 2.45. The van der Waals surface area contributed by atoms with Gasteiger partial charge in [0, 0.05) is 7.11 Å². The molecular weight excluding hydrogens is 256 g/mol. The zero-order chi connectivity index (χ0) is 14.8. The van der Waals surface area contributed by atoms with Gasteiger partial charge in [-0.1, -0.05) is 0 Å². The minimum Gasteiger partial charge on any atom is -0.468 e. The van der Waals surface area contributed by atoms with E-state index in [1.807, 2.05) is 0 Å². The van der Waals surface area contributed by atoms with Crippen molar-refractivity contribution in [3.05, 3.63) is 0 Å². The normalized spacial score (nSPS) is 14.0. The van der Waals surface area contributed by atoms with Crippen molar-refractivity contribution in [1.82, 2.24) is 0 Å². The summed E-state index contributed by atoms with van der Waals surface area (Å²) in [7, 11) is 3.88. The SMILES string of the molecule is COCC(C)OCC(O)CC(C(=O)OC)C(=O)OC. The molecular formula is C12H22O7. The van der Waals surface area contributed by atoms with Crippen LogP contribution in [0, 0.1) is 5.92 Å². The Morgan fingerprint density at radius 2 is 1.58 bits per heavy atom. The van der Waals surface area contributed by atoms with Crippen molar-refractivity contribution in [2.75, 3.05) is 34.5 Å². The van der Waals surface area contributed by atoms with E-state index in [9.17, 15) is 14.7 Å². The number of carbonyl (C=O) groups is 2. The Morgan fingerprint density at radius 3 is 2.00 bits per heavy atom. The number of ether oxygens (including phenoxy) is 4. The molecule has 112 valence electrons. The standard InChI is InChI=1S/C12H22O7/c1-8(6-16-2)19-7-9(13)5-10(11(14)17-3)12(15)18-4/h8-10,13H,5-7H2,1-4H3. The van der Waals surface area contributed by atoms with Gasteiger partial charge in [0.2, 0.25) is 0 Å². The third kappa shape index (κ3) is 7.09. The molecule has 0 bridgehead atoms. The van der Waals surface area contributed by atoms with Crippen LogP contribution >= 0.6 is 0 Å². The highest BCUT2D eigenvalue weighted by molar-refractivity contribution is 5.94. The van der Waals surface area contributed by atoms with Crippen LogP contribution in [0.15, 0.2) is 0 Å². The van der Waals surface area contributed by atoms with Gasteiger partial charge in [0.1, 0.15) is 0 Å². The first-order valence-electron chi connectivity index (χ1n) is 5.90. The zero-order valence-electron chi connectivity index (χ0n) is 11.8. The minimum atomic E-state index is -1.15. The molecule has 7 nitrogen and oxygen atoms in total. The van der Waals surface area contributed by atoms with Crippen molar-refractivity contribution in [3.8, 4) is 0 Å². The van der Waals surface area contributed by atoms with Gasteiger partial charge in [-0.05, 0) is 13.3 Å². The van der Waals surface area contributed by atoms with E-state index in [2.05, 4.69) is 9.47 Å². The summed E-state index contributed by atoms with van der Waals surface area (Å²) in [5.41, 5.74) is 0. The van der Waals surface area contributed by atoms with Crippen LogP contribution in [0.25, 0.3) is 0 Å². The lowest BCUT2D eigenvalue weighted by atomic mass is 10.0. The summed E-state index contributed by atoms with van der Waals surface area (Å²) < 4.78 is 19.1. The summed E-state index contributed by atoms with van der Waals surface area (Å²) in [5, 5.41) is 9.74. The van der Waals surface area contributed by atoms with Crippen LogP contribution in [0.3, 0.4) is 0 Å². The number of aliphatic hydroxyl groups excluding tert-OH is 1. The summed E-state index contributed by atoms with van der Waals surface area (Å²) in [6.07, 6.45) is -1.27. The number of hydrogen-bond acceptors (Lipinski definition) is 7. The van der Waals surface area contributed by atoms with Gasteiger partial charge in [0.25, 0.3) is 0 Å². The predicted molar refractivity (Wildman–Crippen MR) is 65.4 cm³/mol. The summed E-state index contributed by atoms with van der Waals surface area (Å²) in [5.74, 6) is -2.63. The number of esters is 2. The maximum atomic E-state index is 11.4. The first-order chi connectivity index (χ1) is 8.96. The molecule has 2 unspecified atom stereocenters. The number of aliphatic hydroxyl groups is 1. The lowest BCUT2D eigenvalue weighted by molar-refractivity contribution is -0.161. The van der Waals surface area contributed by atoms with Crippen LogP contribution in [-0.2, 0) is 28.5 Å². The average Bonchev–Trinajstić information content (AvgIpc) is 2.41. The summed E-state index contributed by atoms with van der Waals surface area (Å²) in [6.45, 7) is 2.17. The maximum Gasteiger partial charge on any atom is 0.320 e. The molecule has 7 heteroatoms. The van der Waals surface area contributed by atoms with E-state index >= 15 is 0 Å². The molecule has 0 radical (unpaired) electrons. The number of rotatable bonds is 9. The van der Waals surface area contributed by atoms with E-state index in [4.69, 9.17) is 9.47 Å². The minimum absolute atomic E-state index is 0.00495. The van der Waals surface area contributed by atoms with Crippen LogP contribution in [-0.4, -0.2) is 63.8 Å². The van der Waals surface area contributed by atoms with Gasteiger partial charge in [0.15, 0.2) is 5.92 Å². The Bertz CT molecular complexity index is 263. The molecule has 0 aromatic carbocycles. The fourth-order valence-electron chi connectivity index (χ4n) is 1.47. The predicted octanol–water partition coefficient (Wildman–Crippen LogP) is -0.249. The van der Waals surface area contributed by atoms with Gasteiger partial charge in [-0.25, -0.2) is 0 Å². The lowest BCUT2D eigenvalue weighted by Crippen LogP contribution is -2.32. The molecule has 2 atom stereocenters. The molecule has 0 aromatic rings. The Kier molecular flexibility index (Phi) is 9.11. The Labute approximate surface area is 112 Å². The molecule has 0 rings (SSSR count). The van der Waals surface area contributed by atoms with Crippen molar-refractivity contribution in [3.63, 3.8) is 0 Å². The molecule has 0 aliphatic heterocycles. The van der Waals surface area contributed by atoms with E-state index in [0.29, 0.717) is 6.61 Å². The second kappa shape index (κ2) is 9.71. The highest BCUT2D eigenvalue weighted by Gasteiger charge is 2.31. The number of carbonyl (C=O) groups excluding carboxylic acids is 2. The van der Waals surface area contributed by atoms with Crippen LogP contribution in [0.1, 0.15) is 13.3 Å². The zero-order valence-corrected chi connectivity index (χ0v) is 11.8. The van der Waals surface area contributed by atoms with Crippen LogP contribution in [0.2, 0.25) is 0 Å². The second-order valence-electron chi connectivity index (χ2n) is 4.09. The van der Waals surface area contributed by atoms with Crippen molar-refractivity contribution < 1.29 is 33.6 Å². The van der Waals surface area contributed by atoms with E-state index in [1.165, 1.54) is 14.2 Å². The molecule has 0 aromatic heterocycles. The number of methoxy groups -OCH3 is 3. The topological polar surface area (TPSA) is 91.3 Å². The summed E-state index contributed by atoms with van der Waals surface area (Å²) in [4.78, 5) is 22.8. The second-order valence-corrected chi connectivity index (χ2v) is 4.09. The summed E-state index contributed by atoms with van der Waals surface area (Å²) in [6, 6.07) is 0. The molecule has 0 spiro atoms. The van der Waals surface area contributed by atoms with Crippen LogP contribution in [0.4, 0.5) is 0 Å². The molecule has 0 aliphatic carbocycles. The van der Waals surface area contributed by atoms with Crippen molar-refractivity contribution >= 4 is 11.9 Å². The van der Waals surface area contributed by atoms with E-state index < -0.39 is 24.0 Å². The van der Waals surface area contributed by atoms with Gasteiger partial charge < -0.3 is 24.1 Å². The number of hydrogen-bond donors (Lipinski definition) is 1. The average molecular weight is 278 g/mol. The monoisotopic (exact) mass is 278 g/mol. The first-order valence-corrected chi connectivity index (χ1v) is 5.90. The molecule has 0 amide bonds. The molecule has 0 saturated heterocycles. The van der Waals surface area contributed by atoms with Gasteiger partial charge in [-0.3, -0.25) is 9.59 Å². The third-order valence-electron chi connectivity index (χ3n) is 2.45. The van der Waals surface area contributed by atoms with Crippen molar-refractivity contribution in [1.29, 1.82) is 0 Å². The highest BCUT2D eigenvalue weighted by Crippen LogP contribution is 2.12. The largest absolute Gasteiger partial charge is 0.468 e. The maximum absolute atomic E-state index is 11.4. The Hall–Kier alpha value is -1.18. The molecule has 0 saturated carbocycles. The highest BCUT2D eigenvalue weighted by atomic mass is 16.5. The fraction of sp³-hybridized carbons (Fsp3) is 0.833. The van der Waals surface area contributed by atoms with Gasteiger partial charge in [-0.2, -0.15) is 0 Å². The van der Waals surface area contributed by atoms with E-state index in [-0.39, 0.29) is 19.1 Å². The first kappa shape index (κ1) is 17.8. The fourth-order valence-corrected chi connectivity index (χ4v) is 1.47. The quantitative estimate of drug-likeness (QED) is 0.459. The molecule has 19 heavy (non-hydrogen) atoms. The summed E-state index contributed by atoms with van der Waals surface area (Å²) >= 11 is 0. The van der Waals surface area contributed by atoms with Crippen LogP contribution < -0.4 is 0 Å². The molecule has 0 aliphatic rings. The van der Waals surface area contributed by atoms with Gasteiger partial charge >= 0.3 is 11.9 Å². The Balaban J connectivity index is 4.27. The smallest absolute Gasteiger partial charge is 0.320 e. The molecule has 0 heterocycles.